The first-order valence-corrected chi connectivity index (χ1v) is 3.66. The van der Waals surface area contributed by atoms with Crippen molar-refractivity contribution in [3.8, 4) is 0 Å². The molecule has 0 radical (unpaired) electrons. The summed E-state index contributed by atoms with van der Waals surface area (Å²) in [5, 5.41) is 3.10. The quantitative estimate of drug-likeness (QED) is 0.319. The third-order valence-electron chi connectivity index (χ3n) is 0.280. The van der Waals surface area contributed by atoms with Gasteiger partial charge < -0.3 is 4.62 Å². The molecule has 4 N–H and O–H groups in total. The SMILES string of the molecule is CC=NOP(N)(N)=O. The van der Waals surface area contributed by atoms with Crippen LogP contribution in [0.15, 0.2) is 5.16 Å². The van der Waals surface area contributed by atoms with E-state index in [4.69, 9.17) is 11.0 Å². The largest absolute Gasteiger partial charge is 0.405 e. The van der Waals surface area contributed by atoms with E-state index < -0.39 is 7.67 Å². The summed E-state index contributed by atoms with van der Waals surface area (Å²) in [6.45, 7) is 1.59. The van der Waals surface area contributed by atoms with Gasteiger partial charge in [0, 0.05) is 6.21 Å². The Kier molecular flexibility index (Phi) is 2.68. The molecule has 48 valence electrons. The normalized spacial score (nSPS) is 12.4. The molecule has 8 heavy (non-hydrogen) atoms. The van der Waals surface area contributed by atoms with Gasteiger partial charge in [0.15, 0.2) is 0 Å². The van der Waals surface area contributed by atoms with Crippen LogP contribution in [0.5, 0.6) is 0 Å². The molecular formula is C2H8N3O2P. The van der Waals surface area contributed by atoms with E-state index in [9.17, 15) is 4.57 Å². The van der Waals surface area contributed by atoms with E-state index in [0.717, 1.165) is 0 Å². The van der Waals surface area contributed by atoms with Crippen LogP contribution in [-0.2, 0) is 9.19 Å². The smallest absolute Gasteiger partial charge is 0.312 e. The van der Waals surface area contributed by atoms with Crippen LogP contribution >= 0.6 is 7.67 Å². The summed E-state index contributed by atoms with van der Waals surface area (Å²) >= 11 is 0. The third kappa shape index (κ3) is 5.62. The van der Waals surface area contributed by atoms with Gasteiger partial charge in [-0.05, 0) is 6.92 Å². The molecule has 5 nitrogen and oxygen atoms in total. The van der Waals surface area contributed by atoms with Crippen LogP contribution in [0.4, 0.5) is 0 Å². The predicted octanol–water partition coefficient (Wildman–Crippen LogP) is 0.0342. The zero-order valence-electron chi connectivity index (χ0n) is 4.44. The Labute approximate surface area is 47.2 Å². The lowest BCUT2D eigenvalue weighted by atomic mass is 10.9. The fraction of sp³-hybridized carbons (Fsp3) is 0.500. The minimum absolute atomic E-state index is 1.30. The molecular weight excluding hydrogens is 129 g/mol. The van der Waals surface area contributed by atoms with E-state index in [0.29, 0.717) is 0 Å². The van der Waals surface area contributed by atoms with E-state index in [2.05, 4.69) is 9.78 Å². The van der Waals surface area contributed by atoms with Crippen molar-refractivity contribution in [3.05, 3.63) is 0 Å². The summed E-state index contributed by atoms with van der Waals surface area (Å²) in [5.74, 6) is 0. The zero-order valence-corrected chi connectivity index (χ0v) is 5.34. The van der Waals surface area contributed by atoms with Crippen molar-refractivity contribution >= 4 is 13.9 Å². The molecule has 0 amide bonds. The number of oxime groups is 1. The van der Waals surface area contributed by atoms with Crippen molar-refractivity contribution in [2.45, 2.75) is 6.92 Å². The van der Waals surface area contributed by atoms with Gasteiger partial charge in [-0.2, -0.15) is 0 Å². The van der Waals surface area contributed by atoms with Crippen molar-refractivity contribution in [1.82, 2.24) is 0 Å². The molecule has 6 heteroatoms. The van der Waals surface area contributed by atoms with Crippen LogP contribution in [0.1, 0.15) is 6.92 Å². The summed E-state index contributed by atoms with van der Waals surface area (Å²) in [5.41, 5.74) is 9.44. The van der Waals surface area contributed by atoms with Crippen LogP contribution in [0, 0.1) is 0 Å². The first-order chi connectivity index (χ1) is 3.56. The summed E-state index contributed by atoms with van der Waals surface area (Å²) < 4.78 is 14.3. The fourth-order valence-corrected chi connectivity index (χ4v) is 0.362. The molecule has 0 aromatic heterocycles. The Balaban J connectivity index is 3.57. The highest BCUT2D eigenvalue weighted by molar-refractivity contribution is 7.53. The summed E-state index contributed by atoms with van der Waals surface area (Å²) in [6.07, 6.45) is 1.30. The molecule has 0 saturated carbocycles. The molecule has 0 saturated heterocycles. The Morgan fingerprint density at radius 3 is 2.38 bits per heavy atom. The first-order valence-electron chi connectivity index (χ1n) is 1.90. The molecule has 0 aromatic rings. The predicted molar refractivity (Wildman–Crippen MR) is 31.2 cm³/mol. The van der Waals surface area contributed by atoms with Crippen molar-refractivity contribution in [3.63, 3.8) is 0 Å². The van der Waals surface area contributed by atoms with E-state index in [1.54, 1.807) is 6.92 Å². The molecule has 0 aliphatic carbocycles. The van der Waals surface area contributed by atoms with Gasteiger partial charge in [-0.3, -0.25) is 0 Å². The number of nitrogens with zero attached hydrogens (tertiary/aromatic N) is 1. The van der Waals surface area contributed by atoms with Crippen LogP contribution in [0.3, 0.4) is 0 Å². The molecule has 0 fully saturated rings. The molecule has 0 aliphatic heterocycles. The van der Waals surface area contributed by atoms with Gasteiger partial charge in [-0.1, -0.05) is 5.16 Å². The van der Waals surface area contributed by atoms with Crippen LogP contribution in [0.25, 0.3) is 0 Å². The fourth-order valence-electron chi connectivity index (χ4n) is 0.121. The van der Waals surface area contributed by atoms with E-state index in [1.165, 1.54) is 6.21 Å². The maximum absolute atomic E-state index is 10.2. The maximum Gasteiger partial charge on any atom is 0.405 e. The Hall–Kier alpha value is -0.380. The van der Waals surface area contributed by atoms with Crippen molar-refractivity contribution in [2.24, 2.45) is 16.2 Å². The topological polar surface area (TPSA) is 90.7 Å². The lowest BCUT2D eigenvalue weighted by molar-refractivity contribution is 0.337. The molecule has 0 atom stereocenters. The zero-order chi connectivity index (χ0) is 6.62. The van der Waals surface area contributed by atoms with Gasteiger partial charge in [-0.25, -0.2) is 15.6 Å². The second-order valence-corrected chi connectivity index (χ2v) is 2.54. The average Bonchev–Trinajstić information content (AvgIpc) is 1.59. The first kappa shape index (κ1) is 7.62. The number of hydrogen-bond acceptors (Lipinski definition) is 3. The molecule has 0 heterocycles. The van der Waals surface area contributed by atoms with Gasteiger partial charge >= 0.3 is 7.67 Å². The molecule has 0 unspecified atom stereocenters. The Morgan fingerprint density at radius 2 is 2.25 bits per heavy atom. The molecule has 0 spiro atoms. The Bertz CT molecular complexity index is 127. The van der Waals surface area contributed by atoms with E-state index in [-0.39, 0.29) is 0 Å². The van der Waals surface area contributed by atoms with Crippen molar-refractivity contribution in [1.29, 1.82) is 0 Å². The second-order valence-electron chi connectivity index (χ2n) is 1.09. The molecule has 0 rings (SSSR count). The number of rotatable bonds is 2. The summed E-state index contributed by atoms with van der Waals surface area (Å²) in [7, 11) is -3.38. The molecule has 0 bridgehead atoms. The lowest BCUT2D eigenvalue weighted by Gasteiger charge is -1.99. The highest BCUT2D eigenvalue weighted by Gasteiger charge is 2.05. The maximum atomic E-state index is 10.2. The molecule has 0 aliphatic rings. The van der Waals surface area contributed by atoms with Crippen LogP contribution in [-0.4, -0.2) is 6.21 Å². The number of hydrogen-bond donors (Lipinski definition) is 2. The van der Waals surface area contributed by atoms with Crippen molar-refractivity contribution < 1.29 is 9.19 Å². The average molecular weight is 137 g/mol. The van der Waals surface area contributed by atoms with E-state index in [1.807, 2.05) is 0 Å². The lowest BCUT2D eigenvalue weighted by Crippen LogP contribution is -2.04. The summed E-state index contributed by atoms with van der Waals surface area (Å²) in [4.78, 5) is 0. The monoisotopic (exact) mass is 137 g/mol. The van der Waals surface area contributed by atoms with Gasteiger partial charge in [0.1, 0.15) is 0 Å². The number of nitrogens with two attached hydrogens (primary N) is 2. The van der Waals surface area contributed by atoms with Gasteiger partial charge in [0.25, 0.3) is 0 Å². The van der Waals surface area contributed by atoms with Crippen LogP contribution in [0.2, 0.25) is 0 Å². The second kappa shape index (κ2) is 2.81. The van der Waals surface area contributed by atoms with Gasteiger partial charge in [0.05, 0.1) is 0 Å². The molecule has 0 aromatic carbocycles. The highest BCUT2D eigenvalue weighted by atomic mass is 31.2. The summed E-state index contributed by atoms with van der Waals surface area (Å²) in [6, 6.07) is 0. The van der Waals surface area contributed by atoms with Gasteiger partial charge in [-0.15, -0.1) is 0 Å². The van der Waals surface area contributed by atoms with Gasteiger partial charge in [0.2, 0.25) is 0 Å². The van der Waals surface area contributed by atoms with Crippen LogP contribution < -0.4 is 11.0 Å². The van der Waals surface area contributed by atoms with Crippen molar-refractivity contribution in [2.75, 3.05) is 0 Å². The minimum atomic E-state index is -3.38. The standard InChI is InChI=1S/C2H8N3O2P/c1-2-5-7-8(3,4)6/h2H,1H3,(H4,3,4,6). The highest BCUT2D eigenvalue weighted by Crippen LogP contribution is 2.25. The third-order valence-corrected chi connectivity index (χ3v) is 0.630. The minimum Gasteiger partial charge on any atom is -0.312 e. The van der Waals surface area contributed by atoms with E-state index >= 15 is 0 Å². The Morgan fingerprint density at radius 1 is 1.75 bits per heavy atom.